The maximum atomic E-state index is 11.4. The van der Waals surface area contributed by atoms with Gasteiger partial charge in [-0.05, 0) is 6.42 Å². The van der Waals surface area contributed by atoms with Gasteiger partial charge >= 0.3 is 0 Å². The van der Waals surface area contributed by atoms with Crippen LogP contribution in [0.3, 0.4) is 0 Å². The standard InChI is InChI=1S/C7H15FO2/c1-2-4-9-6-7-10-5-3-8/h2-7H2,1H3/i8-1. The molecule has 0 N–H and O–H groups in total. The van der Waals surface area contributed by atoms with Crippen molar-refractivity contribution in [2.24, 2.45) is 0 Å². The third-order valence-corrected chi connectivity index (χ3v) is 0.942. The summed E-state index contributed by atoms with van der Waals surface area (Å²) in [7, 11) is 0. The third-order valence-electron chi connectivity index (χ3n) is 0.942. The van der Waals surface area contributed by atoms with Crippen molar-refractivity contribution in [3.8, 4) is 0 Å². The molecule has 0 fully saturated rings. The fraction of sp³-hybridized carbons (Fsp3) is 1.00. The van der Waals surface area contributed by atoms with Gasteiger partial charge in [0.1, 0.15) is 6.67 Å². The molecule has 0 saturated carbocycles. The van der Waals surface area contributed by atoms with Crippen molar-refractivity contribution in [3.05, 3.63) is 0 Å². The van der Waals surface area contributed by atoms with E-state index in [1.54, 1.807) is 0 Å². The van der Waals surface area contributed by atoms with Crippen LogP contribution in [0, 0.1) is 0 Å². The van der Waals surface area contributed by atoms with Crippen molar-refractivity contribution in [3.63, 3.8) is 0 Å². The fourth-order valence-electron chi connectivity index (χ4n) is 0.521. The van der Waals surface area contributed by atoms with Gasteiger partial charge in [-0.1, -0.05) is 6.92 Å². The molecule has 0 aliphatic rings. The van der Waals surface area contributed by atoms with Crippen LogP contribution >= 0.6 is 0 Å². The molecule has 0 radical (unpaired) electrons. The Labute approximate surface area is 61.3 Å². The average Bonchev–Trinajstić information content (AvgIpc) is 1.97. The summed E-state index contributed by atoms with van der Waals surface area (Å²) in [5.41, 5.74) is 0. The zero-order valence-corrected chi connectivity index (χ0v) is 6.44. The summed E-state index contributed by atoms with van der Waals surface area (Å²) in [6.07, 6.45) is 1.02. The second-order valence-corrected chi connectivity index (χ2v) is 1.91. The lowest BCUT2D eigenvalue weighted by Gasteiger charge is -2.01. The zero-order chi connectivity index (χ0) is 7.66. The molecule has 10 heavy (non-hydrogen) atoms. The highest BCUT2D eigenvalue weighted by Crippen LogP contribution is 1.81. The molecule has 0 aliphatic carbocycles. The van der Waals surface area contributed by atoms with Crippen LogP contribution in [-0.2, 0) is 9.47 Å². The number of hydrogen-bond donors (Lipinski definition) is 0. The molecule has 0 bridgehead atoms. The molecule has 0 saturated heterocycles. The van der Waals surface area contributed by atoms with Crippen molar-refractivity contribution in [1.29, 1.82) is 0 Å². The first-order chi connectivity index (χ1) is 4.91. The van der Waals surface area contributed by atoms with Gasteiger partial charge in [-0.25, -0.2) is 4.39 Å². The highest BCUT2D eigenvalue weighted by Gasteiger charge is 1.86. The van der Waals surface area contributed by atoms with Gasteiger partial charge in [-0.2, -0.15) is 0 Å². The van der Waals surface area contributed by atoms with E-state index in [1.807, 2.05) is 6.92 Å². The van der Waals surface area contributed by atoms with Gasteiger partial charge < -0.3 is 9.47 Å². The van der Waals surface area contributed by atoms with Gasteiger partial charge in [0.15, 0.2) is 0 Å². The van der Waals surface area contributed by atoms with E-state index in [9.17, 15) is 4.39 Å². The molecule has 0 unspecified atom stereocenters. The molecule has 0 rings (SSSR count). The second-order valence-electron chi connectivity index (χ2n) is 1.91. The van der Waals surface area contributed by atoms with E-state index in [2.05, 4.69) is 0 Å². The van der Waals surface area contributed by atoms with Crippen LogP contribution in [0.1, 0.15) is 13.3 Å². The average molecular weight is 149 g/mol. The number of ether oxygens (including phenoxy) is 2. The Morgan fingerprint density at radius 1 is 1.00 bits per heavy atom. The van der Waals surface area contributed by atoms with Crippen LogP contribution < -0.4 is 0 Å². The van der Waals surface area contributed by atoms with Crippen molar-refractivity contribution in [2.45, 2.75) is 13.3 Å². The summed E-state index contributed by atoms with van der Waals surface area (Å²) in [5, 5.41) is 0. The summed E-state index contributed by atoms with van der Waals surface area (Å²) >= 11 is 0. The minimum atomic E-state index is -0.409. The molecular formula is C7H15FO2. The quantitative estimate of drug-likeness (QED) is 0.509. The van der Waals surface area contributed by atoms with Gasteiger partial charge in [0.05, 0.1) is 19.8 Å². The first-order valence-corrected chi connectivity index (χ1v) is 3.63. The fourth-order valence-corrected chi connectivity index (χ4v) is 0.521. The Kier molecular flexibility index (Phi) is 8.72. The molecule has 0 atom stereocenters. The Morgan fingerprint density at radius 2 is 1.60 bits per heavy atom. The lowest BCUT2D eigenvalue weighted by molar-refractivity contribution is 0.0431. The Morgan fingerprint density at radius 3 is 2.10 bits per heavy atom. The van der Waals surface area contributed by atoms with E-state index in [1.165, 1.54) is 0 Å². The van der Waals surface area contributed by atoms with Gasteiger partial charge in [0, 0.05) is 6.61 Å². The summed E-state index contributed by atoms with van der Waals surface area (Å²) in [5.74, 6) is 0. The van der Waals surface area contributed by atoms with E-state index < -0.39 is 6.67 Å². The number of rotatable bonds is 7. The van der Waals surface area contributed by atoms with E-state index in [-0.39, 0.29) is 6.61 Å². The molecule has 0 amide bonds. The first-order valence-electron chi connectivity index (χ1n) is 3.63. The van der Waals surface area contributed by atoms with Crippen LogP contribution in [0.4, 0.5) is 4.39 Å². The minimum Gasteiger partial charge on any atom is -0.379 e. The highest BCUT2D eigenvalue weighted by atomic mass is 18.2. The smallest absolute Gasteiger partial charge is 0.113 e. The van der Waals surface area contributed by atoms with Gasteiger partial charge in [-0.3, -0.25) is 0 Å². The molecule has 0 spiro atoms. The largest absolute Gasteiger partial charge is 0.379 e. The topological polar surface area (TPSA) is 18.5 Å². The molecule has 0 aromatic carbocycles. The molecule has 2 nitrogen and oxygen atoms in total. The molecule has 3 heteroatoms. The molecule has 0 heterocycles. The molecular weight excluding hydrogens is 134 g/mol. The van der Waals surface area contributed by atoms with Crippen LogP contribution in [0.2, 0.25) is 0 Å². The van der Waals surface area contributed by atoms with Crippen LogP contribution in [0.15, 0.2) is 0 Å². The predicted octanol–water partition coefficient (Wildman–Crippen LogP) is 1.40. The first kappa shape index (κ1) is 9.85. The molecule has 0 aliphatic heterocycles. The van der Waals surface area contributed by atoms with E-state index in [4.69, 9.17) is 9.47 Å². The Balaban J connectivity index is 2.65. The molecule has 0 aromatic heterocycles. The lowest BCUT2D eigenvalue weighted by atomic mass is 10.5. The third kappa shape index (κ3) is 7.85. The Hall–Kier alpha value is -0.150. The highest BCUT2D eigenvalue weighted by molar-refractivity contribution is 4.30. The van der Waals surface area contributed by atoms with Crippen LogP contribution in [0.25, 0.3) is 0 Å². The lowest BCUT2D eigenvalue weighted by Crippen LogP contribution is -2.06. The maximum Gasteiger partial charge on any atom is 0.113 e. The summed E-state index contributed by atoms with van der Waals surface area (Å²) in [4.78, 5) is 0. The monoisotopic (exact) mass is 149 g/mol. The van der Waals surface area contributed by atoms with Crippen molar-refractivity contribution in [1.82, 2.24) is 0 Å². The van der Waals surface area contributed by atoms with Gasteiger partial charge in [-0.15, -0.1) is 0 Å². The van der Waals surface area contributed by atoms with Gasteiger partial charge in [0.2, 0.25) is 0 Å². The normalized spacial score (nSPS) is 10.2. The van der Waals surface area contributed by atoms with E-state index in [0.717, 1.165) is 13.0 Å². The number of hydrogen-bond acceptors (Lipinski definition) is 2. The molecule has 62 valence electrons. The number of alkyl halides is 1. The zero-order valence-electron chi connectivity index (χ0n) is 6.44. The molecule has 0 aromatic rings. The summed E-state index contributed by atoms with van der Waals surface area (Å²) < 4.78 is 21.3. The van der Waals surface area contributed by atoms with Crippen molar-refractivity contribution in [2.75, 3.05) is 33.1 Å². The van der Waals surface area contributed by atoms with E-state index >= 15 is 0 Å². The van der Waals surface area contributed by atoms with Crippen molar-refractivity contribution >= 4 is 0 Å². The summed E-state index contributed by atoms with van der Waals surface area (Å²) in [6.45, 7) is 3.67. The Bertz CT molecular complexity index is 51.6. The second kappa shape index (κ2) is 8.85. The van der Waals surface area contributed by atoms with E-state index in [0.29, 0.717) is 13.2 Å². The minimum absolute atomic E-state index is 0.190. The maximum absolute atomic E-state index is 11.4. The van der Waals surface area contributed by atoms with Gasteiger partial charge in [0.25, 0.3) is 0 Å². The summed E-state index contributed by atoms with van der Waals surface area (Å²) in [6, 6.07) is 0. The van der Waals surface area contributed by atoms with Crippen LogP contribution in [-0.4, -0.2) is 33.1 Å². The number of halogens is 1. The SMILES string of the molecule is CCCOCCOCC[18F]. The predicted molar refractivity (Wildman–Crippen MR) is 37.9 cm³/mol. The van der Waals surface area contributed by atoms with Crippen molar-refractivity contribution < 1.29 is 13.9 Å². The van der Waals surface area contributed by atoms with Crippen LogP contribution in [0.5, 0.6) is 0 Å².